The molecule has 0 aliphatic heterocycles. The van der Waals surface area contributed by atoms with E-state index in [1.165, 1.54) is 0 Å². The number of nitrogens with zero attached hydrogens (tertiary/aromatic N) is 3. The number of hydrogen-bond acceptors (Lipinski definition) is 6. The number of carbonyl (C=O) groups is 1. The SMILES string of the molecule is Cc1cc(N(C)C)nc(NCC2CCC(NC(=O)OC(C)(C)C)CC2)n1. The molecule has 2 rings (SSSR count). The van der Waals surface area contributed by atoms with Gasteiger partial charge in [-0.15, -0.1) is 0 Å². The highest BCUT2D eigenvalue weighted by atomic mass is 16.6. The fourth-order valence-electron chi connectivity index (χ4n) is 3.08. The second-order valence-electron chi connectivity index (χ2n) is 8.33. The van der Waals surface area contributed by atoms with Crippen molar-refractivity contribution in [3.8, 4) is 0 Å². The molecule has 0 aromatic carbocycles. The van der Waals surface area contributed by atoms with Crippen LogP contribution in [0.15, 0.2) is 6.07 Å². The molecule has 1 aromatic rings. The predicted octanol–water partition coefficient (Wildman–Crippen LogP) is 3.35. The third-order valence-electron chi connectivity index (χ3n) is 4.42. The highest BCUT2D eigenvalue weighted by molar-refractivity contribution is 5.68. The van der Waals surface area contributed by atoms with Crippen LogP contribution < -0.4 is 15.5 Å². The summed E-state index contributed by atoms with van der Waals surface area (Å²) in [5.41, 5.74) is 0.501. The number of nitrogens with one attached hydrogen (secondary N) is 2. The molecule has 7 nitrogen and oxygen atoms in total. The summed E-state index contributed by atoms with van der Waals surface area (Å²) in [4.78, 5) is 22.9. The Morgan fingerprint density at radius 2 is 1.88 bits per heavy atom. The molecule has 1 aliphatic rings. The fraction of sp³-hybridized carbons (Fsp3) is 0.737. The molecule has 0 saturated heterocycles. The van der Waals surface area contributed by atoms with Crippen LogP contribution in [0.5, 0.6) is 0 Å². The van der Waals surface area contributed by atoms with Gasteiger partial charge in [0.25, 0.3) is 0 Å². The van der Waals surface area contributed by atoms with Gasteiger partial charge in [-0.05, 0) is 59.3 Å². The number of hydrogen-bond donors (Lipinski definition) is 2. The summed E-state index contributed by atoms with van der Waals surface area (Å²) >= 11 is 0. The first-order valence-electron chi connectivity index (χ1n) is 9.39. The Kier molecular flexibility index (Phi) is 6.67. The normalized spacial score (nSPS) is 20.4. The molecule has 2 N–H and O–H groups in total. The first kappa shape index (κ1) is 20.3. The van der Waals surface area contributed by atoms with Gasteiger partial charge < -0.3 is 20.3 Å². The first-order valence-corrected chi connectivity index (χ1v) is 9.39. The minimum atomic E-state index is -0.454. The van der Waals surface area contributed by atoms with Crippen molar-refractivity contribution in [2.45, 2.75) is 65.0 Å². The predicted molar refractivity (Wildman–Crippen MR) is 105 cm³/mol. The second kappa shape index (κ2) is 8.56. The maximum absolute atomic E-state index is 11.9. The van der Waals surface area contributed by atoms with Gasteiger partial charge in [0.15, 0.2) is 0 Å². The molecule has 1 fully saturated rings. The number of ether oxygens (including phenoxy) is 1. The van der Waals surface area contributed by atoms with E-state index in [1.54, 1.807) is 0 Å². The summed E-state index contributed by atoms with van der Waals surface area (Å²) in [6, 6.07) is 2.18. The molecule has 0 spiro atoms. The van der Waals surface area contributed by atoms with E-state index in [0.29, 0.717) is 11.9 Å². The maximum Gasteiger partial charge on any atom is 0.407 e. The van der Waals surface area contributed by atoms with E-state index in [0.717, 1.165) is 43.7 Å². The zero-order valence-electron chi connectivity index (χ0n) is 16.9. The minimum Gasteiger partial charge on any atom is -0.444 e. The summed E-state index contributed by atoms with van der Waals surface area (Å²) in [6.45, 7) is 8.47. The number of carbonyl (C=O) groups excluding carboxylic acids is 1. The molecule has 1 saturated carbocycles. The lowest BCUT2D eigenvalue weighted by Gasteiger charge is -2.30. The van der Waals surface area contributed by atoms with Crippen molar-refractivity contribution >= 4 is 17.9 Å². The molecule has 0 radical (unpaired) electrons. The lowest BCUT2D eigenvalue weighted by atomic mass is 9.86. The Labute approximate surface area is 156 Å². The van der Waals surface area contributed by atoms with E-state index in [2.05, 4.69) is 20.6 Å². The van der Waals surface area contributed by atoms with Crippen LogP contribution in [0.25, 0.3) is 0 Å². The van der Waals surface area contributed by atoms with Crippen molar-refractivity contribution in [1.29, 1.82) is 0 Å². The van der Waals surface area contributed by atoms with Gasteiger partial charge in [-0.1, -0.05) is 0 Å². The molecule has 1 aromatic heterocycles. The Hall–Kier alpha value is -2.05. The lowest BCUT2D eigenvalue weighted by molar-refractivity contribution is 0.0488. The van der Waals surface area contributed by atoms with Gasteiger partial charge in [-0.3, -0.25) is 0 Å². The maximum atomic E-state index is 11.9. The minimum absolute atomic E-state index is 0.205. The van der Waals surface area contributed by atoms with E-state index in [9.17, 15) is 4.79 Å². The number of anilines is 2. The highest BCUT2D eigenvalue weighted by Crippen LogP contribution is 2.25. The third kappa shape index (κ3) is 6.69. The standard InChI is InChI=1S/C19H33N5O2/c1-13-11-16(24(5)6)23-17(21-13)20-12-14-7-9-15(10-8-14)22-18(25)26-19(2,3)4/h11,14-15H,7-10,12H2,1-6H3,(H,22,25)(H,20,21,23). The Bertz CT molecular complexity index is 604. The summed E-state index contributed by atoms with van der Waals surface area (Å²) in [5, 5.41) is 6.36. The molecule has 1 aliphatic carbocycles. The van der Waals surface area contributed by atoms with E-state index in [-0.39, 0.29) is 12.1 Å². The van der Waals surface area contributed by atoms with Crippen molar-refractivity contribution in [2.24, 2.45) is 5.92 Å². The molecule has 7 heteroatoms. The summed E-state index contributed by atoms with van der Waals surface area (Å²) in [6.07, 6.45) is 3.77. The smallest absolute Gasteiger partial charge is 0.407 e. The summed E-state index contributed by atoms with van der Waals surface area (Å²) in [5.74, 6) is 2.16. The van der Waals surface area contributed by atoms with Crippen LogP contribution in [-0.4, -0.2) is 48.3 Å². The highest BCUT2D eigenvalue weighted by Gasteiger charge is 2.24. The van der Waals surface area contributed by atoms with Crippen molar-refractivity contribution < 1.29 is 9.53 Å². The van der Waals surface area contributed by atoms with Gasteiger partial charge in [0.2, 0.25) is 5.95 Å². The van der Waals surface area contributed by atoms with Crippen LogP contribution in [0, 0.1) is 12.8 Å². The molecule has 1 heterocycles. The molecule has 0 atom stereocenters. The van der Waals surface area contributed by atoms with Crippen molar-refractivity contribution in [2.75, 3.05) is 30.9 Å². The third-order valence-corrected chi connectivity index (χ3v) is 4.42. The fourth-order valence-corrected chi connectivity index (χ4v) is 3.08. The van der Waals surface area contributed by atoms with Crippen LogP contribution in [0.1, 0.15) is 52.1 Å². The van der Waals surface area contributed by atoms with E-state index >= 15 is 0 Å². The van der Waals surface area contributed by atoms with Crippen LogP contribution in [-0.2, 0) is 4.74 Å². The van der Waals surface area contributed by atoms with E-state index < -0.39 is 5.60 Å². The molecule has 1 amide bonds. The Balaban J connectivity index is 1.76. The number of alkyl carbamates (subject to hydrolysis) is 1. The second-order valence-corrected chi connectivity index (χ2v) is 8.33. The zero-order chi connectivity index (χ0) is 19.3. The summed E-state index contributed by atoms with van der Waals surface area (Å²) in [7, 11) is 3.95. The molecule has 0 unspecified atom stereocenters. The lowest BCUT2D eigenvalue weighted by Crippen LogP contribution is -2.41. The van der Waals surface area contributed by atoms with E-state index in [4.69, 9.17) is 4.74 Å². The van der Waals surface area contributed by atoms with Crippen molar-refractivity contribution in [3.63, 3.8) is 0 Å². The Morgan fingerprint density at radius 3 is 2.46 bits per heavy atom. The van der Waals surface area contributed by atoms with Crippen LogP contribution in [0.2, 0.25) is 0 Å². The average Bonchev–Trinajstić information content (AvgIpc) is 2.52. The van der Waals surface area contributed by atoms with Gasteiger partial charge in [0.1, 0.15) is 11.4 Å². The Morgan fingerprint density at radius 1 is 1.23 bits per heavy atom. The number of aromatic nitrogens is 2. The number of amides is 1. The molecular weight excluding hydrogens is 330 g/mol. The molecular formula is C19H33N5O2. The molecule has 26 heavy (non-hydrogen) atoms. The molecule has 146 valence electrons. The zero-order valence-corrected chi connectivity index (χ0v) is 16.9. The van der Waals surface area contributed by atoms with Crippen molar-refractivity contribution in [1.82, 2.24) is 15.3 Å². The molecule has 0 bridgehead atoms. The average molecular weight is 364 g/mol. The van der Waals surface area contributed by atoms with E-state index in [1.807, 2.05) is 52.8 Å². The largest absolute Gasteiger partial charge is 0.444 e. The van der Waals surface area contributed by atoms with Gasteiger partial charge in [0.05, 0.1) is 0 Å². The monoisotopic (exact) mass is 363 g/mol. The van der Waals surface area contributed by atoms with Gasteiger partial charge in [0, 0.05) is 38.4 Å². The number of aryl methyl sites for hydroxylation is 1. The topological polar surface area (TPSA) is 79.4 Å². The van der Waals surface area contributed by atoms with Gasteiger partial charge in [-0.25, -0.2) is 9.78 Å². The van der Waals surface area contributed by atoms with Gasteiger partial charge >= 0.3 is 6.09 Å². The van der Waals surface area contributed by atoms with Crippen LogP contribution in [0.3, 0.4) is 0 Å². The quantitative estimate of drug-likeness (QED) is 0.835. The van der Waals surface area contributed by atoms with Crippen LogP contribution in [0.4, 0.5) is 16.6 Å². The first-order chi connectivity index (χ1) is 12.1. The van der Waals surface area contributed by atoms with Crippen molar-refractivity contribution in [3.05, 3.63) is 11.8 Å². The van der Waals surface area contributed by atoms with Crippen LogP contribution >= 0.6 is 0 Å². The van der Waals surface area contributed by atoms with Gasteiger partial charge in [-0.2, -0.15) is 4.98 Å². The number of rotatable bonds is 5. The summed E-state index contributed by atoms with van der Waals surface area (Å²) < 4.78 is 5.33.